The second-order valence-corrected chi connectivity index (χ2v) is 7.84. The summed E-state index contributed by atoms with van der Waals surface area (Å²) in [5.74, 6) is 0.458. The van der Waals surface area contributed by atoms with Crippen LogP contribution in [-0.2, 0) is 6.42 Å². The first-order valence-electron chi connectivity index (χ1n) is 10.8. The molecule has 166 valence electrons. The van der Waals surface area contributed by atoms with E-state index in [2.05, 4.69) is 22.6 Å². The number of hydrogen-bond acceptors (Lipinski definition) is 5. The van der Waals surface area contributed by atoms with Gasteiger partial charge in [-0.2, -0.15) is 0 Å². The zero-order chi connectivity index (χ0) is 22.5. The summed E-state index contributed by atoms with van der Waals surface area (Å²) in [5, 5.41) is 11.2. The van der Waals surface area contributed by atoms with Gasteiger partial charge in [-0.3, -0.25) is 9.59 Å². The van der Waals surface area contributed by atoms with Gasteiger partial charge in [0.05, 0.1) is 19.0 Å². The maximum Gasteiger partial charge on any atom is 0.276 e. The van der Waals surface area contributed by atoms with Crippen LogP contribution in [0.5, 0.6) is 5.75 Å². The molecule has 0 bridgehead atoms. The van der Waals surface area contributed by atoms with E-state index in [1.807, 2.05) is 24.3 Å². The molecular formula is C24H27N5O3. The van der Waals surface area contributed by atoms with Crippen LogP contribution in [0.3, 0.4) is 0 Å². The van der Waals surface area contributed by atoms with Crippen molar-refractivity contribution in [3.8, 4) is 11.4 Å². The van der Waals surface area contributed by atoms with Gasteiger partial charge in [-0.15, -0.1) is 5.10 Å². The zero-order valence-electron chi connectivity index (χ0n) is 18.3. The second-order valence-electron chi connectivity index (χ2n) is 7.84. The second kappa shape index (κ2) is 9.64. The van der Waals surface area contributed by atoms with Crippen molar-refractivity contribution in [1.82, 2.24) is 25.2 Å². The monoisotopic (exact) mass is 433 g/mol. The van der Waals surface area contributed by atoms with E-state index in [1.165, 1.54) is 5.56 Å². The van der Waals surface area contributed by atoms with Gasteiger partial charge in [0.25, 0.3) is 11.8 Å². The molecule has 32 heavy (non-hydrogen) atoms. The highest BCUT2D eigenvalue weighted by Gasteiger charge is 2.26. The number of carbonyl (C=O) groups excluding carboxylic acids is 2. The molecule has 0 saturated carbocycles. The molecule has 2 amide bonds. The van der Waals surface area contributed by atoms with Gasteiger partial charge in [0.2, 0.25) is 0 Å². The van der Waals surface area contributed by atoms with Crippen LogP contribution >= 0.6 is 0 Å². The Labute approximate surface area is 187 Å². The summed E-state index contributed by atoms with van der Waals surface area (Å²) in [4.78, 5) is 27.1. The first-order valence-corrected chi connectivity index (χ1v) is 10.8. The fourth-order valence-electron chi connectivity index (χ4n) is 3.77. The number of hydrogen-bond donors (Lipinski definition) is 1. The number of piperidine rings is 1. The highest BCUT2D eigenvalue weighted by Crippen LogP contribution is 2.16. The smallest absolute Gasteiger partial charge is 0.276 e. The molecule has 3 aromatic rings. The Bertz CT molecular complexity index is 1070. The number of likely N-dealkylation sites (tertiary alicyclic amines) is 1. The van der Waals surface area contributed by atoms with Gasteiger partial charge in [-0.25, -0.2) is 4.68 Å². The number of aryl methyl sites for hydroxylation is 1. The van der Waals surface area contributed by atoms with Gasteiger partial charge >= 0.3 is 0 Å². The molecule has 1 fully saturated rings. The summed E-state index contributed by atoms with van der Waals surface area (Å²) >= 11 is 0. The van der Waals surface area contributed by atoms with Gasteiger partial charge in [0, 0.05) is 24.7 Å². The molecule has 1 aromatic heterocycles. The minimum absolute atomic E-state index is 0.0291. The molecule has 8 heteroatoms. The van der Waals surface area contributed by atoms with Crippen LogP contribution in [0.2, 0.25) is 0 Å². The van der Waals surface area contributed by atoms with Gasteiger partial charge in [-0.05, 0) is 61.2 Å². The molecule has 4 rings (SSSR count). The number of aromatic nitrogens is 3. The maximum atomic E-state index is 12.9. The average Bonchev–Trinajstić information content (AvgIpc) is 3.34. The van der Waals surface area contributed by atoms with Crippen LogP contribution in [0.15, 0.2) is 54.7 Å². The first kappa shape index (κ1) is 21.5. The molecular weight excluding hydrogens is 406 g/mol. The topological polar surface area (TPSA) is 89.4 Å². The summed E-state index contributed by atoms with van der Waals surface area (Å²) in [6, 6.07) is 15.1. The molecule has 8 nitrogen and oxygen atoms in total. The SMILES string of the molecule is CCc1ccc(-n2cc(C(=O)N3CCC(NC(=O)c4ccc(OC)cc4)CC3)nn2)cc1. The van der Waals surface area contributed by atoms with E-state index >= 15 is 0 Å². The van der Waals surface area contributed by atoms with Crippen molar-refractivity contribution in [1.29, 1.82) is 0 Å². The van der Waals surface area contributed by atoms with E-state index in [0.29, 0.717) is 42.9 Å². The van der Waals surface area contributed by atoms with E-state index < -0.39 is 0 Å². The Kier molecular flexibility index (Phi) is 6.49. The lowest BCUT2D eigenvalue weighted by molar-refractivity contribution is 0.0692. The van der Waals surface area contributed by atoms with Crippen molar-refractivity contribution >= 4 is 11.8 Å². The van der Waals surface area contributed by atoms with E-state index in [4.69, 9.17) is 4.74 Å². The molecule has 0 spiro atoms. The number of nitrogens with zero attached hydrogens (tertiary/aromatic N) is 4. The quantitative estimate of drug-likeness (QED) is 0.646. The summed E-state index contributed by atoms with van der Waals surface area (Å²) in [6.45, 7) is 3.23. The lowest BCUT2D eigenvalue weighted by Crippen LogP contribution is -2.46. The molecule has 1 N–H and O–H groups in total. The van der Waals surface area contributed by atoms with Crippen molar-refractivity contribution < 1.29 is 14.3 Å². The third-order valence-corrected chi connectivity index (χ3v) is 5.79. The molecule has 0 atom stereocenters. The summed E-state index contributed by atoms with van der Waals surface area (Å²) < 4.78 is 6.74. The fraction of sp³-hybridized carbons (Fsp3) is 0.333. The standard InChI is InChI=1S/C24H27N5O3/c1-3-17-4-8-20(9-5-17)29-16-22(26-27-29)24(31)28-14-12-19(13-15-28)25-23(30)18-6-10-21(32-2)11-7-18/h4-11,16,19H,3,12-15H2,1-2H3,(H,25,30). The predicted molar refractivity (Wildman–Crippen MR) is 120 cm³/mol. The van der Waals surface area contributed by atoms with Crippen LogP contribution in [-0.4, -0.2) is 57.9 Å². The third kappa shape index (κ3) is 4.80. The van der Waals surface area contributed by atoms with Crippen LogP contribution in [0, 0.1) is 0 Å². The summed E-state index contributed by atoms with van der Waals surface area (Å²) in [7, 11) is 1.59. The van der Waals surface area contributed by atoms with Crippen LogP contribution in [0.4, 0.5) is 0 Å². The van der Waals surface area contributed by atoms with Crippen molar-refractivity contribution in [2.24, 2.45) is 0 Å². The van der Waals surface area contributed by atoms with Gasteiger partial charge in [0.1, 0.15) is 5.75 Å². The Hall–Kier alpha value is -3.68. The van der Waals surface area contributed by atoms with E-state index in [1.54, 1.807) is 47.2 Å². The van der Waals surface area contributed by atoms with Crippen molar-refractivity contribution in [3.05, 3.63) is 71.5 Å². The van der Waals surface area contributed by atoms with Gasteiger partial charge in [0.15, 0.2) is 5.69 Å². The zero-order valence-corrected chi connectivity index (χ0v) is 18.3. The normalized spacial score (nSPS) is 14.2. The lowest BCUT2D eigenvalue weighted by atomic mass is 10.0. The largest absolute Gasteiger partial charge is 0.497 e. The number of rotatable bonds is 6. The maximum absolute atomic E-state index is 12.9. The van der Waals surface area contributed by atoms with Gasteiger partial charge < -0.3 is 15.0 Å². The van der Waals surface area contributed by atoms with Crippen LogP contribution in [0.25, 0.3) is 5.69 Å². The molecule has 0 aliphatic carbocycles. The van der Waals surface area contributed by atoms with Crippen LogP contribution in [0.1, 0.15) is 46.2 Å². The summed E-state index contributed by atoms with van der Waals surface area (Å²) in [5.41, 5.74) is 3.03. The molecule has 2 heterocycles. The van der Waals surface area contributed by atoms with Crippen molar-refractivity contribution in [2.45, 2.75) is 32.2 Å². The highest BCUT2D eigenvalue weighted by atomic mass is 16.5. The molecule has 0 radical (unpaired) electrons. The molecule has 0 unspecified atom stereocenters. The Morgan fingerprint density at radius 3 is 2.38 bits per heavy atom. The number of nitrogens with one attached hydrogen (secondary N) is 1. The minimum atomic E-state index is -0.138. The third-order valence-electron chi connectivity index (χ3n) is 5.79. The highest BCUT2D eigenvalue weighted by molar-refractivity contribution is 5.94. The van der Waals surface area contributed by atoms with E-state index in [9.17, 15) is 9.59 Å². The molecule has 1 saturated heterocycles. The number of ether oxygens (including phenoxy) is 1. The Morgan fingerprint density at radius 1 is 1.06 bits per heavy atom. The predicted octanol–water partition coefficient (Wildman–Crippen LogP) is 2.87. The average molecular weight is 434 g/mol. The number of benzene rings is 2. The lowest BCUT2D eigenvalue weighted by Gasteiger charge is -2.31. The number of methoxy groups -OCH3 is 1. The van der Waals surface area contributed by atoms with Gasteiger partial charge in [-0.1, -0.05) is 24.3 Å². The van der Waals surface area contributed by atoms with Crippen LogP contribution < -0.4 is 10.1 Å². The van der Waals surface area contributed by atoms with Crippen molar-refractivity contribution in [3.63, 3.8) is 0 Å². The molecule has 1 aliphatic rings. The minimum Gasteiger partial charge on any atom is -0.497 e. The van der Waals surface area contributed by atoms with E-state index in [-0.39, 0.29) is 17.9 Å². The Balaban J connectivity index is 1.31. The number of amides is 2. The number of carbonyl (C=O) groups is 2. The first-order chi connectivity index (χ1) is 15.6. The Morgan fingerprint density at radius 2 is 1.75 bits per heavy atom. The van der Waals surface area contributed by atoms with E-state index in [0.717, 1.165) is 12.1 Å². The summed E-state index contributed by atoms with van der Waals surface area (Å²) in [6.07, 6.45) is 4.03. The molecule has 2 aromatic carbocycles. The van der Waals surface area contributed by atoms with Crippen molar-refractivity contribution in [2.75, 3.05) is 20.2 Å². The fourth-order valence-corrected chi connectivity index (χ4v) is 3.77. The molecule has 1 aliphatic heterocycles.